The van der Waals surface area contributed by atoms with E-state index in [1.807, 2.05) is 14.2 Å². The fraction of sp³-hybridized carbons (Fsp3) is 0.714. The second-order valence-electron chi connectivity index (χ2n) is 4.49. The number of aryl methyl sites for hydroxylation is 1. The number of hydrogen-bond donors (Lipinski definition) is 1. The van der Waals surface area contributed by atoms with E-state index >= 15 is 0 Å². The first-order valence-corrected chi connectivity index (χ1v) is 7.40. The molecule has 0 fully saturated rings. The largest absolute Gasteiger partial charge is 0.377 e. The summed E-state index contributed by atoms with van der Waals surface area (Å²) in [5.74, 6) is 0. The van der Waals surface area contributed by atoms with Gasteiger partial charge in [0.2, 0.25) is 0 Å². The van der Waals surface area contributed by atoms with E-state index in [1.165, 1.54) is 5.56 Å². The van der Waals surface area contributed by atoms with Gasteiger partial charge in [-0.15, -0.1) is 0 Å². The van der Waals surface area contributed by atoms with Crippen LogP contribution in [0, 0.1) is 0 Å². The van der Waals surface area contributed by atoms with Crippen LogP contribution in [0.25, 0.3) is 0 Å². The number of rotatable bonds is 8. The normalized spacial score (nSPS) is 13.9. The topological polar surface area (TPSA) is 21.3 Å². The van der Waals surface area contributed by atoms with Crippen LogP contribution in [0.5, 0.6) is 0 Å². The fourth-order valence-electron chi connectivity index (χ4n) is 2.59. The van der Waals surface area contributed by atoms with Crippen molar-refractivity contribution in [2.75, 3.05) is 14.2 Å². The van der Waals surface area contributed by atoms with E-state index in [0.717, 1.165) is 25.7 Å². The average Bonchev–Trinajstić information content (AvgIpc) is 2.88. The third-order valence-electron chi connectivity index (χ3n) is 3.89. The lowest BCUT2D eigenvalue weighted by molar-refractivity contribution is -0.0474. The molecule has 1 atom stereocenters. The Kier molecular flexibility index (Phi) is 6.17. The lowest BCUT2D eigenvalue weighted by atomic mass is 9.85. The maximum absolute atomic E-state index is 5.80. The second-order valence-corrected chi connectivity index (χ2v) is 5.27. The predicted octanol–water partition coefficient (Wildman–Crippen LogP) is 3.47. The smallest absolute Gasteiger partial charge is 0.0825 e. The van der Waals surface area contributed by atoms with Gasteiger partial charge < -0.3 is 10.1 Å². The molecule has 0 aliphatic carbocycles. The molecule has 1 aromatic heterocycles. The van der Waals surface area contributed by atoms with Crippen molar-refractivity contribution in [3.8, 4) is 0 Å². The van der Waals surface area contributed by atoms with Gasteiger partial charge in [0.15, 0.2) is 0 Å². The van der Waals surface area contributed by atoms with Crippen LogP contribution in [0.3, 0.4) is 0 Å². The molecule has 2 nitrogen and oxygen atoms in total. The summed E-state index contributed by atoms with van der Waals surface area (Å²) in [5, 5.41) is 7.82. The molecule has 3 heteroatoms. The van der Waals surface area contributed by atoms with Gasteiger partial charge in [-0.1, -0.05) is 13.8 Å². The number of thiophene rings is 1. The highest BCUT2D eigenvalue weighted by atomic mass is 32.1. The van der Waals surface area contributed by atoms with Gasteiger partial charge in [-0.2, -0.15) is 11.3 Å². The highest BCUT2D eigenvalue weighted by Gasteiger charge is 2.34. The molecular formula is C14H25NOS. The number of ether oxygens (including phenoxy) is 1. The third kappa shape index (κ3) is 3.54. The predicted molar refractivity (Wildman–Crippen MR) is 75.8 cm³/mol. The van der Waals surface area contributed by atoms with E-state index in [0.29, 0.717) is 6.04 Å². The van der Waals surface area contributed by atoms with Crippen LogP contribution in [0.4, 0.5) is 0 Å². The standard InChI is InChI=1S/C14H25NOS/c1-5-14(6-2,16-4)13(15-3)8-7-12-9-10-17-11-12/h9-11,13,15H,5-8H2,1-4H3. The van der Waals surface area contributed by atoms with Crippen LogP contribution in [0.15, 0.2) is 16.8 Å². The van der Waals surface area contributed by atoms with Gasteiger partial charge in [-0.25, -0.2) is 0 Å². The van der Waals surface area contributed by atoms with E-state index in [1.54, 1.807) is 11.3 Å². The zero-order valence-corrected chi connectivity index (χ0v) is 12.3. The van der Waals surface area contributed by atoms with Gasteiger partial charge in [0.25, 0.3) is 0 Å². The van der Waals surface area contributed by atoms with Gasteiger partial charge in [-0.05, 0) is 55.1 Å². The number of likely N-dealkylation sites (N-methyl/N-ethyl adjacent to an activating group) is 1. The average molecular weight is 255 g/mol. The first-order chi connectivity index (χ1) is 8.22. The molecule has 0 aliphatic heterocycles. The molecule has 1 N–H and O–H groups in total. The summed E-state index contributed by atoms with van der Waals surface area (Å²) in [7, 11) is 3.87. The zero-order chi connectivity index (χ0) is 12.7. The molecule has 98 valence electrons. The molecule has 0 spiro atoms. The zero-order valence-electron chi connectivity index (χ0n) is 11.5. The number of methoxy groups -OCH3 is 1. The quantitative estimate of drug-likeness (QED) is 0.768. The first kappa shape index (κ1) is 14.7. The summed E-state index contributed by atoms with van der Waals surface area (Å²) < 4.78 is 5.80. The van der Waals surface area contributed by atoms with Crippen LogP contribution >= 0.6 is 11.3 Å². The highest BCUT2D eigenvalue weighted by Crippen LogP contribution is 2.27. The minimum Gasteiger partial charge on any atom is -0.377 e. The molecule has 1 aromatic rings. The number of hydrogen-bond acceptors (Lipinski definition) is 3. The lowest BCUT2D eigenvalue weighted by Crippen LogP contribution is -2.50. The molecule has 0 aromatic carbocycles. The maximum Gasteiger partial charge on any atom is 0.0825 e. The molecule has 0 amide bonds. The molecule has 0 aliphatic rings. The summed E-state index contributed by atoms with van der Waals surface area (Å²) in [5.41, 5.74) is 1.41. The Morgan fingerprint density at radius 2 is 2.12 bits per heavy atom. The number of nitrogens with one attached hydrogen (secondary N) is 1. The highest BCUT2D eigenvalue weighted by molar-refractivity contribution is 7.07. The van der Waals surface area contributed by atoms with Gasteiger partial charge in [0.1, 0.15) is 0 Å². The van der Waals surface area contributed by atoms with Crippen LogP contribution in [0.1, 0.15) is 38.7 Å². The Hall–Kier alpha value is -0.380. The van der Waals surface area contributed by atoms with E-state index in [2.05, 4.69) is 36.0 Å². The van der Waals surface area contributed by atoms with Crippen LogP contribution < -0.4 is 5.32 Å². The monoisotopic (exact) mass is 255 g/mol. The van der Waals surface area contributed by atoms with E-state index in [-0.39, 0.29) is 5.60 Å². The van der Waals surface area contributed by atoms with Crippen LogP contribution in [0.2, 0.25) is 0 Å². The summed E-state index contributed by atoms with van der Waals surface area (Å²) in [6.45, 7) is 4.42. The summed E-state index contributed by atoms with van der Waals surface area (Å²) >= 11 is 1.77. The van der Waals surface area contributed by atoms with Crippen molar-refractivity contribution >= 4 is 11.3 Å². The van der Waals surface area contributed by atoms with Crippen molar-refractivity contribution in [1.29, 1.82) is 0 Å². The Morgan fingerprint density at radius 1 is 1.41 bits per heavy atom. The van der Waals surface area contributed by atoms with Crippen molar-refractivity contribution < 1.29 is 4.74 Å². The van der Waals surface area contributed by atoms with Crippen LogP contribution in [-0.2, 0) is 11.2 Å². The fourth-order valence-corrected chi connectivity index (χ4v) is 3.29. The lowest BCUT2D eigenvalue weighted by Gasteiger charge is -2.38. The van der Waals surface area contributed by atoms with Crippen molar-refractivity contribution in [3.63, 3.8) is 0 Å². The molecule has 0 saturated carbocycles. The second kappa shape index (κ2) is 7.14. The first-order valence-electron chi connectivity index (χ1n) is 6.45. The minimum atomic E-state index is -0.0230. The molecule has 17 heavy (non-hydrogen) atoms. The molecule has 0 saturated heterocycles. The van der Waals surface area contributed by atoms with Crippen molar-refractivity contribution in [2.45, 2.75) is 51.2 Å². The van der Waals surface area contributed by atoms with Gasteiger partial charge in [0.05, 0.1) is 5.60 Å². The SMILES string of the molecule is CCC(CC)(OC)C(CCc1ccsc1)NC. The third-order valence-corrected chi connectivity index (χ3v) is 4.62. The summed E-state index contributed by atoms with van der Waals surface area (Å²) in [6, 6.07) is 2.63. The van der Waals surface area contributed by atoms with Crippen molar-refractivity contribution in [2.24, 2.45) is 0 Å². The van der Waals surface area contributed by atoms with E-state index in [4.69, 9.17) is 4.74 Å². The maximum atomic E-state index is 5.80. The van der Waals surface area contributed by atoms with Crippen molar-refractivity contribution in [1.82, 2.24) is 5.32 Å². The molecule has 1 heterocycles. The van der Waals surface area contributed by atoms with Crippen LogP contribution in [-0.4, -0.2) is 25.8 Å². The van der Waals surface area contributed by atoms with Gasteiger partial charge >= 0.3 is 0 Å². The molecule has 0 radical (unpaired) electrons. The molecule has 1 rings (SSSR count). The van der Waals surface area contributed by atoms with Gasteiger partial charge in [-0.3, -0.25) is 0 Å². The molecule has 1 unspecified atom stereocenters. The summed E-state index contributed by atoms with van der Waals surface area (Å²) in [4.78, 5) is 0. The van der Waals surface area contributed by atoms with E-state index < -0.39 is 0 Å². The van der Waals surface area contributed by atoms with Gasteiger partial charge in [0, 0.05) is 13.2 Å². The Morgan fingerprint density at radius 3 is 2.53 bits per heavy atom. The Bertz CT molecular complexity index is 285. The van der Waals surface area contributed by atoms with E-state index in [9.17, 15) is 0 Å². The van der Waals surface area contributed by atoms with Crippen molar-refractivity contribution in [3.05, 3.63) is 22.4 Å². The molecule has 0 bridgehead atoms. The Labute approximate surface area is 109 Å². The molecular weight excluding hydrogens is 230 g/mol. The summed E-state index contributed by atoms with van der Waals surface area (Å²) in [6.07, 6.45) is 4.35. The Balaban J connectivity index is 2.63. The minimum absolute atomic E-state index is 0.0230.